The maximum atomic E-state index is 9.35. The van der Waals surface area contributed by atoms with Gasteiger partial charge in [0, 0.05) is 13.1 Å². The van der Waals surface area contributed by atoms with Crippen molar-refractivity contribution in [1.29, 1.82) is 5.26 Å². The normalized spacial score (nSPS) is 16.6. The molecule has 1 heterocycles. The van der Waals surface area contributed by atoms with Gasteiger partial charge in [-0.1, -0.05) is 12.8 Å². The van der Waals surface area contributed by atoms with Gasteiger partial charge in [0.25, 0.3) is 0 Å². The fourth-order valence-corrected chi connectivity index (χ4v) is 2.53. The van der Waals surface area contributed by atoms with Crippen LogP contribution in [-0.2, 0) is 0 Å². The molecule has 20 heavy (non-hydrogen) atoms. The topological polar surface area (TPSA) is 65.4 Å². The Morgan fingerprint density at radius 1 is 1.30 bits per heavy atom. The summed E-state index contributed by atoms with van der Waals surface area (Å²) in [6, 6.07) is 7.89. The number of anilines is 1. The van der Waals surface area contributed by atoms with Crippen LogP contribution in [0.5, 0.6) is 0 Å². The van der Waals surface area contributed by atoms with Crippen molar-refractivity contribution in [1.82, 2.24) is 0 Å². The van der Waals surface area contributed by atoms with E-state index in [4.69, 9.17) is 17.3 Å². The summed E-state index contributed by atoms with van der Waals surface area (Å²) in [6.07, 6.45) is 4.91. The monoisotopic (exact) mass is 290 g/mol. The smallest absolute Gasteiger partial charge is 0.115 e. The molecule has 1 aromatic rings. The van der Waals surface area contributed by atoms with Crippen molar-refractivity contribution in [3.8, 4) is 6.07 Å². The predicted molar refractivity (Wildman–Crippen MR) is 83.8 cm³/mol. The van der Waals surface area contributed by atoms with E-state index in [9.17, 15) is 5.26 Å². The highest BCUT2D eigenvalue weighted by Gasteiger charge is 2.14. The minimum atomic E-state index is 0.190. The van der Waals surface area contributed by atoms with Gasteiger partial charge in [0.05, 0.1) is 22.8 Å². The Hall–Kier alpha value is -1.73. The Labute approximate surface area is 124 Å². The maximum absolute atomic E-state index is 9.35. The Kier molecular flexibility index (Phi) is 5.25. The van der Waals surface area contributed by atoms with Crippen molar-refractivity contribution >= 4 is 28.8 Å². The largest absolute Gasteiger partial charge is 0.386 e. The predicted octanol–water partition coefficient (Wildman–Crippen LogP) is 3.17. The lowest BCUT2D eigenvalue weighted by molar-refractivity contribution is 0.726. The van der Waals surface area contributed by atoms with Crippen LogP contribution in [0.15, 0.2) is 23.2 Å². The number of hydrogen-bond acceptors (Lipinski definition) is 3. The molecule has 0 spiro atoms. The van der Waals surface area contributed by atoms with Gasteiger partial charge >= 0.3 is 0 Å². The fourth-order valence-electron chi connectivity index (χ4n) is 2.47. The minimum Gasteiger partial charge on any atom is -0.386 e. The van der Waals surface area contributed by atoms with Crippen LogP contribution >= 0.6 is 11.6 Å². The molecule has 0 saturated carbocycles. The summed E-state index contributed by atoms with van der Waals surface area (Å²) in [4.78, 5) is 6.48. The van der Waals surface area contributed by atoms with E-state index in [-0.39, 0.29) is 5.88 Å². The summed E-state index contributed by atoms with van der Waals surface area (Å²) in [5.74, 6) is 0.550. The zero-order valence-electron chi connectivity index (χ0n) is 11.5. The van der Waals surface area contributed by atoms with Crippen LogP contribution in [0.1, 0.15) is 31.2 Å². The van der Waals surface area contributed by atoms with Crippen molar-refractivity contribution in [2.45, 2.75) is 25.7 Å². The molecule has 4 nitrogen and oxygen atoms in total. The number of nitrogens with two attached hydrogens (primary N) is 1. The third-order valence-electron chi connectivity index (χ3n) is 3.46. The average molecular weight is 291 g/mol. The van der Waals surface area contributed by atoms with Crippen LogP contribution in [0, 0.1) is 11.3 Å². The van der Waals surface area contributed by atoms with E-state index in [1.165, 1.54) is 25.7 Å². The van der Waals surface area contributed by atoms with Crippen LogP contribution in [0.4, 0.5) is 11.4 Å². The number of hydrogen-bond donors (Lipinski definition) is 1. The molecule has 1 aromatic carbocycles. The molecule has 1 aliphatic rings. The second kappa shape index (κ2) is 7.16. The van der Waals surface area contributed by atoms with Crippen LogP contribution in [0.25, 0.3) is 0 Å². The number of amidine groups is 1. The average Bonchev–Trinajstić information content (AvgIpc) is 2.76. The van der Waals surface area contributed by atoms with Crippen molar-refractivity contribution in [3.63, 3.8) is 0 Å². The first-order valence-corrected chi connectivity index (χ1v) is 7.46. The lowest BCUT2D eigenvalue weighted by Gasteiger charge is -2.23. The highest BCUT2D eigenvalue weighted by atomic mass is 35.5. The molecule has 1 saturated heterocycles. The van der Waals surface area contributed by atoms with Crippen molar-refractivity contribution < 1.29 is 0 Å². The SMILES string of the molecule is N#Cc1cc(N=C(N)CCl)ccc1N1CCCCCC1. The van der Waals surface area contributed by atoms with Crippen LogP contribution in [-0.4, -0.2) is 24.8 Å². The lowest BCUT2D eigenvalue weighted by atomic mass is 10.1. The molecule has 0 unspecified atom stereocenters. The summed E-state index contributed by atoms with van der Waals surface area (Å²) in [5, 5.41) is 9.35. The number of rotatable bonds is 3. The molecule has 2 N–H and O–H groups in total. The molecule has 106 valence electrons. The van der Waals surface area contributed by atoms with E-state index >= 15 is 0 Å². The quantitative estimate of drug-likeness (QED) is 0.528. The van der Waals surface area contributed by atoms with Crippen LogP contribution in [0.3, 0.4) is 0 Å². The summed E-state index contributed by atoms with van der Waals surface area (Å²) < 4.78 is 0. The van der Waals surface area contributed by atoms with E-state index in [0.717, 1.165) is 18.8 Å². The number of nitriles is 1. The molecule has 2 rings (SSSR count). The molecule has 0 aromatic heterocycles. The molecule has 0 radical (unpaired) electrons. The lowest BCUT2D eigenvalue weighted by Crippen LogP contribution is -2.24. The van der Waals surface area contributed by atoms with Crippen LogP contribution < -0.4 is 10.6 Å². The number of alkyl halides is 1. The number of aliphatic imine (C=N–C) groups is 1. The van der Waals surface area contributed by atoms with Gasteiger partial charge in [0.1, 0.15) is 11.9 Å². The summed E-state index contributed by atoms with van der Waals surface area (Å²) >= 11 is 5.62. The molecule has 1 fully saturated rings. The Balaban J connectivity index is 2.28. The van der Waals surface area contributed by atoms with Crippen LogP contribution in [0.2, 0.25) is 0 Å². The van der Waals surface area contributed by atoms with Gasteiger partial charge in [-0.15, -0.1) is 11.6 Å². The second-order valence-corrected chi connectivity index (χ2v) is 5.22. The van der Waals surface area contributed by atoms with E-state index in [2.05, 4.69) is 16.0 Å². The van der Waals surface area contributed by atoms with E-state index < -0.39 is 0 Å². The number of nitrogens with zero attached hydrogens (tertiary/aromatic N) is 3. The molecule has 0 bridgehead atoms. The van der Waals surface area contributed by atoms with Crippen molar-refractivity contribution in [2.24, 2.45) is 10.7 Å². The third-order valence-corrected chi connectivity index (χ3v) is 3.73. The van der Waals surface area contributed by atoms with Gasteiger partial charge in [-0.2, -0.15) is 5.26 Å². The summed E-state index contributed by atoms with van der Waals surface area (Å²) in [6.45, 7) is 2.03. The minimum absolute atomic E-state index is 0.190. The number of halogens is 1. The van der Waals surface area contributed by atoms with Crippen molar-refractivity contribution in [2.75, 3.05) is 23.9 Å². The highest BCUT2D eigenvalue weighted by Crippen LogP contribution is 2.27. The summed E-state index contributed by atoms with van der Waals surface area (Å²) in [5.41, 5.74) is 7.95. The van der Waals surface area contributed by atoms with Gasteiger partial charge in [0.15, 0.2) is 0 Å². The zero-order valence-corrected chi connectivity index (χ0v) is 12.2. The van der Waals surface area contributed by atoms with E-state index in [1.54, 1.807) is 6.07 Å². The number of benzene rings is 1. The van der Waals surface area contributed by atoms with E-state index in [0.29, 0.717) is 17.1 Å². The molecule has 0 amide bonds. The third kappa shape index (κ3) is 3.64. The maximum Gasteiger partial charge on any atom is 0.115 e. The first-order valence-electron chi connectivity index (χ1n) is 6.92. The van der Waals surface area contributed by atoms with Gasteiger partial charge in [-0.3, -0.25) is 0 Å². The van der Waals surface area contributed by atoms with Gasteiger partial charge in [-0.25, -0.2) is 4.99 Å². The molecule has 5 heteroatoms. The standard InChI is InChI=1S/C15H19ClN4/c16-10-15(18)19-13-5-6-14(12(9-13)11-17)20-7-3-1-2-4-8-20/h5-6,9H,1-4,7-8,10H2,(H2,18,19). The molecular weight excluding hydrogens is 272 g/mol. The van der Waals surface area contributed by atoms with Crippen molar-refractivity contribution in [3.05, 3.63) is 23.8 Å². The Morgan fingerprint density at radius 2 is 2.00 bits per heavy atom. The van der Waals surface area contributed by atoms with Gasteiger partial charge in [-0.05, 0) is 31.0 Å². The fraction of sp³-hybridized carbons (Fsp3) is 0.467. The van der Waals surface area contributed by atoms with Gasteiger partial charge in [0.2, 0.25) is 0 Å². The molecule has 0 aliphatic carbocycles. The first kappa shape index (κ1) is 14.7. The molecule has 0 atom stereocenters. The molecular formula is C15H19ClN4. The Morgan fingerprint density at radius 3 is 2.60 bits per heavy atom. The highest BCUT2D eigenvalue weighted by molar-refractivity contribution is 6.28. The zero-order chi connectivity index (χ0) is 14.4. The molecule has 1 aliphatic heterocycles. The Bertz CT molecular complexity index is 525. The first-order chi connectivity index (χ1) is 9.74. The van der Waals surface area contributed by atoms with Gasteiger partial charge < -0.3 is 10.6 Å². The van der Waals surface area contributed by atoms with E-state index in [1.807, 2.05) is 12.1 Å². The second-order valence-electron chi connectivity index (χ2n) is 4.95. The summed E-state index contributed by atoms with van der Waals surface area (Å²) in [7, 11) is 0.